The summed E-state index contributed by atoms with van der Waals surface area (Å²) in [4.78, 5) is 10.4. The third-order valence-electron chi connectivity index (χ3n) is 1.92. The van der Waals surface area contributed by atoms with E-state index in [1.54, 1.807) is 6.92 Å². The summed E-state index contributed by atoms with van der Waals surface area (Å²) in [6.45, 7) is 1.99. The van der Waals surface area contributed by atoms with Crippen LogP contribution in [0.1, 0.15) is 6.92 Å². The van der Waals surface area contributed by atoms with Gasteiger partial charge >= 0.3 is 5.97 Å². The highest BCUT2D eigenvalue weighted by molar-refractivity contribution is 9.10. The van der Waals surface area contributed by atoms with Crippen molar-refractivity contribution < 1.29 is 14.3 Å². The Morgan fingerprint density at radius 2 is 2.29 bits per heavy atom. The van der Waals surface area contributed by atoms with Crippen LogP contribution in [0.2, 0.25) is 5.02 Å². The van der Waals surface area contributed by atoms with Crippen LogP contribution in [0.5, 0.6) is 0 Å². The van der Waals surface area contributed by atoms with Crippen molar-refractivity contribution in [3.8, 4) is 0 Å². The van der Waals surface area contributed by atoms with Crippen LogP contribution < -0.4 is 5.32 Å². The van der Waals surface area contributed by atoms with Crippen LogP contribution >= 0.6 is 27.5 Å². The minimum absolute atomic E-state index is 0.236. The molecular formula is C11H10BrClFNO2. The number of nitrogens with one attached hydrogen (secondary N) is 1. The lowest BCUT2D eigenvalue weighted by molar-refractivity contribution is -0.131. The topological polar surface area (TPSA) is 49.3 Å². The first-order valence-corrected chi connectivity index (χ1v) is 5.85. The first kappa shape index (κ1) is 14.0. The van der Waals surface area contributed by atoms with E-state index in [1.807, 2.05) is 0 Å². The molecule has 0 aromatic heterocycles. The summed E-state index contributed by atoms with van der Waals surface area (Å²) in [5, 5.41) is 11.7. The summed E-state index contributed by atoms with van der Waals surface area (Å²) >= 11 is 9.03. The molecule has 0 spiro atoms. The Morgan fingerprint density at radius 3 is 2.82 bits per heavy atom. The minimum Gasteiger partial charge on any atom is -0.478 e. The van der Waals surface area contributed by atoms with Gasteiger partial charge in [0.25, 0.3) is 0 Å². The van der Waals surface area contributed by atoms with E-state index in [4.69, 9.17) is 16.7 Å². The summed E-state index contributed by atoms with van der Waals surface area (Å²) in [5.74, 6) is -1.45. The molecule has 2 N–H and O–H groups in total. The largest absolute Gasteiger partial charge is 0.478 e. The molecule has 0 amide bonds. The zero-order valence-corrected chi connectivity index (χ0v) is 11.3. The number of benzene rings is 1. The maximum Gasteiger partial charge on any atom is 0.328 e. The molecule has 0 radical (unpaired) electrons. The molecule has 0 bridgehead atoms. The Bertz CT molecular complexity index is 454. The van der Waals surface area contributed by atoms with Gasteiger partial charge in [0.2, 0.25) is 0 Å². The fourth-order valence-electron chi connectivity index (χ4n) is 1.20. The summed E-state index contributed by atoms with van der Waals surface area (Å²) in [6.07, 6.45) is 1.10. The lowest BCUT2D eigenvalue weighted by Crippen LogP contribution is -2.05. The van der Waals surface area contributed by atoms with E-state index in [9.17, 15) is 9.18 Å². The van der Waals surface area contributed by atoms with Crippen LogP contribution in [-0.4, -0.2) is 17.6 Å². The van der Waals surface area contributed by atoms with E-state index in [0.29, 0.717) is 22.3 Å². The quantitative estimate of drug-likeness (QED) is 0.831. The molecule has 3 nitrogen and oxygen atoms in total. The first-order valence-electron chi connectivity index (χ1n) is 4.68. The van der Waals surface area contributed by atoms with Crippen LogP contribution in [0.3, 0.4) is 0 Å². The fraction of sp³-hybridized carbons (Fsp3) is 0.182. The van der Waals surface area contributed by atoms with Gasteiger partial charge in [-0.25, -0.2) is 9.18 Å². The molecule has 0 fully saturated rings. The van der Waals surface area contributed by atoms with E-state index in [1.165, 1.54) is 12.1 Å². The van der Waals surface area contributed by atoms with Crippen LogP contribution in [0.25, 0.3) is 0 Å². The lowest BCUT2D eigenvalue weighted by atomic mass is 10.2. The van der Waals surface area contributed by atoms with E-state index in [0.717, 1.165) is 6.08 Å². The van der Waals surface area contributed by atoms with Crippen LogP contribution in [0.15, 0.2) is 28.3 Å². The highest BCUT2D eigenvalue weighted by Gasteiger charge is 2.07. The van der Waals surface area contributed by atoms with Gasteiger partial charge in [-0.1, -0.05) is 11.6 Å². The van der Waals surface area contributed by atoms with Crippen molar-refractivity contribution in [1.82, 2.24) is 0 Å². The zero-order chi connectivity index (χ0) is 13.0. The molecule has 6 heteroatoms. The predicted octanol–water partition coefficient (Wildman–Crippen LogP) is 3.68. The molecule has 0 saturated heterocycles. The van der Waals surface area contributed by atoms with Crippen LogP contribution in [0.4, 0.5) is 10.1 Å². The lowest BCUT2D eigenvalue weighted by Gasteiger charge is -2.10. The molecule has 0 atom stereocenters. The Labute approximate surface area is 111 Å². The molecule has 0 unspecified atom stereocenters. The number of carboxylic acid groups (broad SMARTS) is 1. The average molecular weight is 323 g/mol. The van der Waals surface area contributed by atoms with Gasteiger partial charge in [0.1, 0.15) is 5.82 Å². The number of carboxylic acids is 1. The van der Waals surface area contributed by atoms with Crippen molar-refractivity contribution in [2.75, 3.05) is 11.9 Å². The number of aliphatic carboxylic acids is 1. The zero-order valence-electron chi connectivity index (χ0n) is 8.93. The van der Waals surface area contributed by atoms with E-state index >= 15 is 0 Å². The summed E-state index contributed by atoms with van der Waals surface area (Å²) in [7, 11) is 0. The molecule has 0 aliphatic heterocycles. The number of anilines is 1. The summed E-state index contributed by atoms with van der Waals surface area (Å²) < 4.78 is 13.4. The molecule has 1 rings (SSSR count). The van der Waals surface area contributed by atoms with Gasteiger partial charge < -0.3 is 10.4 Å². The van der Waals surface area contributed by atoms with Gasteiger partial charge in [0.05, 0.1) is 10.7 Å². The fourth-order valence-corrected chi connectivity index (χ4v) is 2.16. The molecule has 0 saturated carbocycles. The van der Waals surface area contributed by atoms with Crippen molar-refractivity contribution in [2.24, 2.45) is 0 Å². The van der Waals surface area contributed by atoms with E-state index in [2.05, 4.69) is 21.2 Å². The Hall–Kier alpha value is -1.07. The third kappa shape index (κ3) is 4.36. The van der Waals surface area contributed by atoms with Gasteiger partial charge in [0.15, 0.2) is 0 Å². The van der Waals surface area contributed by atoms with Crippen LogP contribution in [0, 0.1) is 5.82 Å². The number of hydrogen-bond acceptors (Lipinski definition) is 2. The third-order valence-corrected chi connectivity index (χ3v) is 2.84. The Kier molecular flexibility index (Phi) is 4.96. The highest BCUT2D eigenvalue weighted by atomic mass is 79.9. The first-order chi connectivity index (χ1) is 7.90. The normalized spacial score (nSPS) is 11.4. The molecule has 0 aliphatic rings. The number of halogens is 3. The van der Waals surface area contributed by atoms with Crippen molar-refractivity contribution in [1.29, 1.82) is 0 Å². The van der Waals surface area contributed by atoms with Crippen LogP contribution in [-0.2, 0) is 4.79 Å². The smallest absolute Gasteiger partial charge is 0.328 e. The second-order valence-electron chi connectivity index (χ2n) is 3.43. The molecule has 1 aromatic carbocycles. The Morgan fingerprint density at radius 1 is 1.65 bits per heavy atom. The SMILES string of the molecule is CC(=CC(=O)O)CNc1c(Cl)cc(F)cc1Br. The average Bonchev–Trinajstić information content (AvgIpc) is 2.14. The molecule has 92 valence electrons. The molecular weight excluding hydrogens is 312 g/mol. The van der Waals surface area contributed by atoms with Crippen molar-refractivity contribution in [2.45, 2.75) is 6.92 Å². The van der Waals surface area contributed by atoms with Gasteiger partial charge in [-0.2, -0.15) is 0 Å². The molecule has 17 heavy (non-hydrogen) atoms. The van der Waals surface area contributed by atoms with Crippen molar-refractivity contribution >= 4 is 39.2 Å². The standard InChI is InChI=1S/C11H10BrClFNO2/c1-6(2-10(16)17)5-15-11-8(12)3-7(14)4-9(11)13/h2-4,15H,5H2,1H3,(H,16,17). The molecule has 0 aliphatic carbocycles. The monoisotopic (exact) mass is 321 g/mol. The number of rotatable bonds is 4. The summed E-state index contributed by atoms with van der Waals surface area (Å²) in [6, 6.07) is 2.47. The number of hydrogen-bond donors (Lipinski definition) is 2. The van der Waals surface area contributed by atoms with Crippen molar-refractivity contribution in [3.05, 3.63) is 39.1 Å². The summed E-state index contributed by atoms with van der Waals surface area (Å²) in [5.41, 5.74) is 1.16. The van der Waals surface area contributed by atoms with Gasteiger partial charge in [-0.3, -0.25) is 0 Å². The van der Waals surface area contributed by atoms with Gasteiger partial charge in [-0.15, -0.1) is 0 Å². The second-order valence-corrected chi connectivity index (χ2v) is 4.69. The van der Waals surface area contributed by atoms with Crippen molar-refractivity contribution in [3.63, 3.8) is 0 Å². The van der Waals surface area contributed by atoms with E-state index in [-0.39, 0.29) is 5.02 Å². The predicted molar refractivity (Wildman–Crippen MR) is 69.0 cm³/mol. The maximum atomic E-state index is 12.9. The Balaban J connectivity index is 2.80. The van der Waals surface area contributed by atoms with E-state index < -0.39 is 11.8 Å². The van der Waals surface area contributed by atoms with Gasteiger partial charge in [0, 0.05) is 17.1 Å². The maximum absolute atomic E-state index is 12.9. The highest BCUT2D eigenvalue weighted by Crippen LogP contribution is 2.31. The second kappa shape index (κ2) is 6.02. The molecule has 0 heterocycles. The molecule has 1 aromatic rings. The minimum atomic E-state index is -1.01. The van der Waals surface area contributed by atoms with Gasteiger partial charge in [-0.05, 0) is 40.6 Å². The number of carbonyl (C=O) groups is 1.